The standard InChI is InChI=1S/C10H15IN2O2/c11-8-1-2-10(9(12)7-8)13-3-5-15-6-4-14/h1-2,7,13-14H,3-6,12H2. The highest BCUT2D eigenvalue weighted by atomic mass is 127. The van der Waals surface area contributed by atoms with Gasteiger partial charge in [0.2, 0.25) is 0 Å². The molecule has 0 aromatic heterocycles. The average molecular weight is 322 g/mol. The topological polar surface area (TPSA) is 67.5 Å². The lowest BCUT2D eigenvalue weighted by Gasteiger charge is -2.09. The van der Waals surface area contributed by atoms with Crippen LogP contribution in [-0.2, 0) is 4.74 Å². The van der Waals surface area contributed by atoms with Crippen molar-refractivity contribution >= 4 is 34.0 Å². The average Bonchev–Trinajstić information content (AvgIpc) is 2.20. The van der Waals surface area contributed by atoms with Crippen LogP contribution in [0.1, 0.15) is 0 Å². The van der Waals surface area contributed by atoms with Crippen LogP contribution >= 0.6 is 22.6 Å². The Bertz CT molecular complexity index is 307. The highest BCUT2D eigenvalue weighted by Gasteiger charge is 1.98. The summed E-state index contributed by atoms with van der Waals surface area (Å²) in [5.41, 5.74) is 7.47. The lowest BCUT2D eigenvalue weighted by atomic mass is 10.3. The van der Waals surface area contributed by atoms with E-state index < -0.39 is 0 Å². The SMILES string of the molecule is Nc1cc(I)ccc1NCCOCCO. The Morgan fingerprint density at radius 1 is 1.40 bits per heavy atom. The van der Waals surface area contributed by atoms with E-state index in [0.717, 1.165) is 14.9 Å². The number of ether oxygens (including phenoxy) is 1. The molecule has 0 unspecified atom stereocenters. The van der Waals surface area contributed by atoms with Gasteiger partial charge in [0, 0.05) is 10.1 Å². The number of hydrogen-bond donors (Lipinski definition) is 3. The first-order valence-electron chi connectivity index (χ1n) is 4.71. The van der Waals surface area contributed by atoms with Crippen molar-refractivity contribution in [2.45, 2.75) is 0 Å². The van der Waals surface area contributed by atoms with Gasteiger partial charge in [0.1, 0.15) is 0 Å². The second kappa shape index (κ2) is 6.86. The lowest BCUT2D eigenvalue weighted by molar-refractivity contribution is 0.0992. The molecule has 0 atom stereocenters. The van der Waals surface area contributed by atoms with Crippen molar-refractivity contribution in [1.29, 1.82) is 0 Å². The molecular weight excluding hydrogens is 307 g/mol. The molecule has 0 heterocycles. The molecule has 0 radical (unpaired) electrons. The minimum atomic E-state index is 0.0612. The van der Waals surface area contributed by atoms with Crippen LogP contribution in [0.25, 0.3) is 0 Å². The smallest absolute Gasteiger partial charge is 0.0698 e. The van der Waals surface area contributed by atoms with Gasteiger partial charge in [-0.3, -0.25) is 0 Å². The number of benzene rings is 1. The maximum Gasteiger partial charge on any atom is 0.0698 e. The molecule has 4 nitrogen and oxygen atoms in total. The van der Waals surface area contributed by atoms with Crippen LogP contribution in [0.2, 0.25) is 0 Å². The molecule has 1 rings (SSSR count). The van der Waals surface area contributed by atoms with Crippen molar-refractivity contribution in [2.24, 2.45) is 0 Å². The molecule has 0 saturated heterocycles. The van der Waals surface area contributed by atoms with E-state index in [1.54, 1.807) is 0 Å². The fourth-order valence-electron chi connectivity index (χ4n) is 1.12. The lowest BCUT2D eigenvalue weighted by Crippen LogP contribution is -2.12. The van der Waals surface area contributed by atoms with Crippen molar-refractivity contribution in [3.8, 4) is 0 Å². The summed E-state index contributed by atoms with van der Waals surface area (Å²) in [5.74, 6) is 0. The summed E-state index contributed by atoms with van der Waals surface area (Å²) >= 11 is 2.22. The monoisotopic (exact) mass is 322 g/mol. The van der Waals surface area contributed by atoms with Gasteiger partial charge in [-0.2, -0.15) is 0 Å². The molecule has 0 amide bonds. The van der Waals surface area contributed by atoms with E-state index >= 15 is 0 Å². The molecule has 0 aliphatic rings. The molecule has 0 bridgehead atoms. The Labute approximate surface area is 103 Å². The van der Waals surface area contributed by atoms with E-state index in [0.29, 0.717) is 19.8 Å². The summed E-state index contributed by atoms with van der Waals surface area (Å²) in [6.07, 6.45) is 0. The number of aliphatic hydroxyl groups excluding tert-OH is 1. The Morgan fingerprint density at radius 3 is 2.87 bits per heavy atom. The summed E-state index contributed by atoms with van der Waals surface area (Å²) in [6, 6.07) is 5.86. The molecule has 0 saturated carbocycles. The van der Waals surface area contributed by atoms with Gasteiger partial charge in [0.25, 0.3) is 0 Å². The number of rotatable bonds is 6. The molecule has 84 valence electrons. The first-order valence-corrected chi connectivity index (χ1v) is 5.79. The largest absolute Gasteiger partial charge is 0.397 e. The second-order valence-corrected chi connectivity index (χ2v) is 4.24. The molecule has 0 spiro atoms. The summed E-state index contributed by atoms with van der Waals surface area (Å²) in [7, 11) is 0. The normalized spacial score (nSPS) is 10.3. The predicted molar refractivity (Wildman–Crippen MR) is 70.0 cm³/mol. The quantitative estimate of drug-likeness (QED) is 0.419. The number of halogens is 1. The second-order valence-electron chi connectivity index (χ2n) is 2.99. The molecule has 0 aliphatic carbocycles. The van der Waals surface area contributed by atoms with Crippen LogP contribution in [0, 0.1) is 3.57 Å². The first-order chi connectivity index (χ1) is 7.24. The number of nitrogens with one attached hydrogen (secondary N) is 1. The Kier molecular flexibility index (Phi) is 5.74. The third-order valence-corrected chi connectivity index (χ3v) is 2.48. The Balaban J connectivity index is 2.31. The van der Waals surface area contributed by atoms with E-state index in [2.05, 4.69) is 27.9 Å². The van der Waals surface area contributed by atoms with Crippen LogP contribution in [0.15, 0.2) is 18.2 Å². The van der Waals surface area contributed by atoms with Crippen LogP contribution in [0.5, 0.6) is 0 Å². The highest BCUT2D eigenvalue weighted by Crippen LogP contribution is 2.20. The van der Waals surface area contributed by atoms with Crippen molar-refractivity contribution < 1.29 is 9.84 Å². The van der Waals surface area contributed by atoms with Gasteiger partial charge in [-0.15, -0.1) is 0 Å². The highest BCUT2D eigenvalue weighted by molar-refractivity contribution is 14.1. The minimum Gasteiger partial charge on any atom is -0.397 e. The van der Waals surface area contributed by atoms with E-state index in [1.165, 1.54) is 0 Å². The molecule has 4 N–H and O–H groups in total. The zero-order valence-electron chi connectivity index (χ0n) is 8.37. The molecule has 0 fully saturated rings. The molecule has 15 heavy (non-hydrogen) atoms. The van der Waals surface area contributed by atoms with Crippen molar-refractivity contribution in [1.82, 2.24) is 0 Å². The van der Waals surface area contributed by atoms with Gasteiger partial charge in [-0.05, 0) is 40.8 Å². The van der Waals surface area contributed by atoms with Gasteiger partial charge >= 0.3 is 0 Å². The Morgan fingerprint density at radius 2 is 2.20 bits per heavy atom. The van der Waals surface area contributed by atoms with E-state index in [-0.39, 0.29) is 6.61 Å². The summed E-state index contributed by atoms with van der Waals surface area (Å²) in [5, 5.41) is 11.7. The van der Waals surface area contributed by atoms with Gasteiger partial charge in [0.15, 0.2) is 0 Å². The van der Waals surface area contributed by atoms with Crippen LogP contribution < -0.4 is 11.1 Å². The van der Waals surface area contributed by atoms with Crippen molar-refractivity contribution in [3.05, 3.63) is 21.8 Å². The summed E-state index contributed by atoms with van der Waals surface area (Å²) in [4.78, 5) is 0. The predicted octanol–water partition coefficient (Wildman–Crippen LogP) is 1.29. The fraction of sp³-hybridized carbons (Fsp3) is 0.400. The van der Waals surface area contributed by atoms with E-state index in [9.17, 15) is 0 Å². The van der Waals surface area contributed by atoms with Crippen molar-refractivity contribution in [2.75, 3.05) is 37.4 Å². The molecular formula is C10H15IN2O2. The zero-order valence-corrected chi connectivity index (χ0v) is 10.5. The summed E-state index contributed by atoms with van der Waals surface area (Å²) in [6.45, 7) is 1.69. The number of anilines is 2. The zero-order chi connectivity index (χ0) is 11.1. The molecule has 5 heteroatoms. The number of nitrogens with two attached hydrogens (primary N) is 1. The Hall–Kier alpha value is -0.530. The van der Waals surface area contributed by atoms with Crippen LogP contribution in [0.3, 0.4) is 0 Å². The van der Waals surface area contributed by atoms with Crippen LogP contribution in [-0.4, -0.2) is 31.5 Å². The number of aliphatic hydroxyl groups is 1. The van der Waals surface area contributed by atoms with Crippen molar-refractivity contribution in [3.63, 3.8) is 0 Å². The van der Waals surface area contributed by atoms with E-state index in [4.69, 9.17) is 15.6 Å². The third-order valence-electron chi connectivity index (χ3n) is 1.81. The minimum absolute atomic E-state index is 0.0612. The maximum absolute atomic E-state index is 8.49. The fourth-order valence-corrected chi connectivity index (χ4v) is 1.63. The van der Waals surface area contributed by atoms with Gasteiger partial charge in [-0.25, -0.2) is 0 Å². The molecule has 1 aromatic carbocycles. The first kappa shape index (κ1) is 12.5. The number of hydrogen-bond acceptors (Lipinski definition) is 4. The number of nitrogen functional groups attached to an aromatic ring is 1. The van der Waals surface area contributed by atoms with E-state index in [1.807, 2.05) is 18.2 Å². The maximum atomic E-state index is 8.49. The molecule has 1 aromatic rings. The van der Waals surface area contributed by atoms with Gasteiger partial charge in [-0.1, -0.05) is 0 Å². The van der Waals surface area contributed by atoms with Crippen LogP contribution in [0.4, 0.5) is 11.4 Å². The third kappa shape index (κ3) is 4.67. The molecule has 0 aliphatic heterocycles. The van der Waals surface area contributed by atoms with Gasteiger partial charge < -0.3 is 20.9 Å². The van der Waals surface area contributed by atoms with Gasteiger partial charge in [0.05, 0.1) is 31.2 Å². The summed E-state index contributed by atoms with van der Waals surface area (Å²) < 4.78 is 6.23.